The number of allylic oxidation sites excluding steroid dienone is 3. The Balaban J connectivity index is 0.00000784. The minimum atomic E-state index is -0.302. The van der Waals surface area contributed by atoms with Crippen LogP contribution in [-0.4, -0.2) is 19.6 Å². The van der Waals surface area contributed by atoms with E-state index >= 15 is 0 Å². The van der Waals surface area contributed by atoms with Gasteiger partial charge in [-0.05, 0) is 61.1 Å². The van der Waals surface area contributed by atoms with Crippen LogP contribution in [0.2, 0.25) is 0 Å². The first kappa shape index (κ1) is 26.9. The Morgan fingerprint density at radius 3 is 2.59 bits per heavy atom. The highest BCUT2D eigenvalue weighted by Crippen LogP contribution is 2.27. The number of hydrogen-bond donors (Lipinski definition) is 2. The molecule has 29 heavy (non-hydrogen) atoms. The van der Waals surface area contributed by atoms with Gasteiger partial charge in [0.05, 0.1) is 6.61 Å². The van der Waals surface area contributed by atoms with Gasteiger partial charge in [-0.1, -0.05) is 45.1 Å². The molecule has 1 aromatic carbocycles. The van der Waals surface area contributed by atoms with E-state index in [0.717, 1.165) is 31.2 Å². The minimum absolute atomic E-state index is 0. The highest BCUT2D eigenvalue weighted by atomic mass is 19.1. The molecule has 0 saturated carbocycles. The number of carbonyl (C=O) groups excluding carboxylic acids is 1. The van der Waals surface area contributed by atoms with Crippen molar-refractivity contribution in [2.75, 3.05) is 13.7 Å². The van der Waals surface area contributed by atoms with E-state index in [4.69, 9.17) is 4.74 Å². The molecule has 164 valence electrons. The van der Waals surface area contributed by atoms with Crippen molar-refractivity contribution in [3.05, 3.63) is 54.4 Å². The highest BCUT2D eigenvalue weighted by Gasteiger charge is 2.11. The zero-order chi connectivity index (χ0) is 20.9. The Morgan fingerprint density at radius 1 is 1.24 bits per heavy atom. The lowest BCUT2D eigenvalue weighted by Crippen LogP contribution is -2.18. The second-order valence-corrected chi connectivity index (χ2v) is 7.79. The zero-order valence-corrected chi connectivity index (χ0v) is 18.5. The van der Waals surface area contributed by atoms with E-state index in [9.17, 15) is 9.18 Å². The van der Waals surface area contributed by atoms with E-state index in [-0.39, 0.29) is 17.9 Å². The van der Waals surface area contributed by atoms with E-state index in [0.29, 0.717) is 36.5 Å². The quantitative estimate of drug-likeness (QED) is 0.384. The van der Waals surface area contributed by atoms with Crippen LogP contribution in [0.25, 0.3) is 0 Å². The van der Waals surface area contributed by atoms with Crippen LogP contribution in [-0.2, 0) is 4.79 Å². The Hall–Kier alpha value is -2.14. The van der Waals surface area contributed by atoms with Crippen LogP contribution in [0.5, 0.6) is 5.75 Å². The van der Waals surface area contributed by atoms with Crippen LogP contribution in [0.15, 0.2) is 43.0 Å². The number of ether oxygens (including phenoxy) is 1. The molecule has 0 aliphatic rings. The van der Waals surface area contributed by atoms with E-state index in [1.807, 2.05) is 32.1 Å². The van der Waals surface area contributed by atoms with Crippen molar-refractivity contribution in [2.24, 2.45) is 11.8 Å². The Bertz CT molecular complexity index is 644. The molecule has 2 atom stereocenters. The number of amides is 1. The number of carbonyl (C=O) groups is 1. The van der Waals surface area contributed by atoms with Gasteiger partial charge < -0.3 is 16.2 Å². The van der Waals surface area contributed by atoms with Gasteiger partial charge >= 0.3 is 0 Å². The summed E-state index contributed by atoms with van der Waals surface area (Å²) < 4.78 is 19.5. The van der Waals surface area contributed by atoms with E-state index in [2.05, 4.69) is 31.0 Å². The normalized spacial score (nSPS) is 13.0. The molecule has 2 unspecified atom stereocenters. The third kappa shape index (κ3) is 10.8. The van der Waals surface area contributed by atoms with E-state index in [1.54, 1.807) is 7.05 Å². The van der Waals surface area contributed by atoms with E-state index < -0.39 is 0 Å². The number of hydrogen-bond acceptors (Lipinski definition) is 3. The van der Waals surface area contributed by atoms with Gasteiger partial charge in [0.25, 0.3) is 0 Å². The molecule has 0 saturated heterocycles. The fourth-order valence-electron chi connectivity index (χ4n) is 2.87. The van der Waals surface area contributed by atoms with Crippen LogP contribution >= 0.6 is 0 Å². The number of rotatable bonds is 13. The fourth-order valence-corrected chi connectivity index (χ4v) is 2.87. The Labute approximate surface area is 176 Å². The first-order valence-electron chi connectivity index (χ1n) is 10.3. The van der Waals surface area contributed by atoms with Crippen molar-refractivity contribution in [2.45, 2.75) is 58.8 Å². The lowest BCUT2D eigenvalue weighted by molar-refractivity contribution is -0.120. The van der Waals surface area contributed by atoms with Crippen molar-refractivity contribution in [3.8, 4) is 5.75 Å². The standard InChI is InChI=1S/C24H36FNO2.H3N/c1-6-20(12-15-24(27)26-5)11-9-7-8-10-19(4)21-13-14-22(25)23(16-21)28-17-18(2)3;/h6-7,9,13-14,16,18-20H,1,8,10-12,15,17H2,2-5H3,(H,26,27);1H3/b9-7+;. The third-order valence-electron chi connectivity index (χ3n) is 4.82. The number of nitrogens with one attached hydrogen (secondary N) is 1. The van der Waals surface area contributed by atoms with E-state index in [1.165, 1.54) is 6.07 Å². The summed E-state index contributed by atoms with van der Waals surface area (Å²) in [6.07, 6.45) is 10.5. The van der Waals surface area contributed by atoms with Gasteiger partial charge in [0.15, 0.2) is 11.6 Å². The van der Waals surface area contributed by atoms with Gasteiger partial charge in [-0.3, -0.25) is 4.79 Å². The van der Waals surface area contributed by atoms with Crippen LogP contribution in [0, 0.1) is 17.7 Å². The summed E-state index contributed by atoms with van der Waals surface area (Å²) in [5, 5.41) is 2.65. The SMILES string of the molecule is C=CC(C/C=C/CCC(C)c1ccc(F)c(OCC(C)C)c1)CCC(=O)NC.N. The molecular weight excluding hydrogens is 367 g/mol. The molecule has 5 heteroatoms. The smallest absolute Gasteiger partial charge is 0.219 e. The zero-order valence-electron chi connectivity index (χ0n) is 18.5. The highest BCUT2D eigenvalue weighted by molar-refractivity contribution is 5.75. The van der Waals surface area contributed by atoms with Crippen LogP contribution in [0.3, 0.4) is 0 Å². The van der Waals surface area contributed by atoms with Gasteiger partial charge in [0.2, 0.25) is 5.91 Å². The van der Waals surface area contributed by atoms with Crippen molar-refractivity contribution in [1.82, 2.24) is 11.5 Å². The topological polar surface area (TPSA) is 73.3 Å². The molecule has 0 bridgehead atoms. The molecule has 0 fully saturated rings. The predicted molar refractivity (Wildman–Crippen MR) is 120 cm³/mol. The van der Waals surface area contributed by atoms with Gasteiger partial charge in [-0.15, -0.1) is 6.58 Å². The average Bonchev–Trinajstić information content (AvgIpc) is 2.68. The molecule has 0 spiro atoms. The average molecular weight is 407 g/mol. The first-order valence-corrected chi connectivity index (χ1v) is 10.3. The second-order valence-electron chi connectivity index (χ2n) is 7.79. The number of benzene rings is 1. The molecule has 0 aromatic heterocycles. The summed E-state index contributed by atoms with van der Waals surface area (Å²) in [5.41, 5.74) is 1.10. The molecule has 0 aliphatic carbocycles. The maximum absolute atomic E-state index is 13.9. The molecule has 0 heterocycles. The van der Waals surface area contributed by atoms with Gasteiger partial charge in [0.1, 0.15) is 0 Å². The van der Waals surface area contributed by atoms with Gasteiger partial charge in [-0.25, -0.2) is 4.39 Å². The molecule has 0 radical (unpaired) electrons. The summed E-state index contributed by atoms with van der Waals surface area (Å²) in [6, 6.07) is 5.18. The van der Waals surface area contributed by atoms with Crippen molar-refractivity contribution in [3.63, 3.8) is 0 Å². The Kier molecular flexibility index (Phi) is 13.7. The summed E-state index contributed by atoms with van der Waals surface area (Å²) in [5.74, 6) is 1.13. The summed E-state index contributed by atoms with van der Waals surface area (Å²) in [4.78, 5) is 11.3. The first-order chi connectivity index (χ1) is 13.4. The van der Waals surface area contributed by atoms with Crippen molar-refractivity contribution >= 4 is 5.91 Å². The largest absolute Gasteiger partial charge is 0.490 e. The van der Waals surface area contributed by atoms with Crippen LogP contribution < -0.4 is 16.2 Å². The summed E-state index contributed by atoms with van der Waals surface area (Å²) in [7, 11) is 1.66. The van der Waals surface area contributed by atoms with Crippen LogP contribution in [0.1, 0.15) is 64.4 Å². The lowest BCUT2D eigenvalue weighted by atomic mass is 9.95. The molecule has 4 N–H and O–H groups in total. The lowest BCUT2D eigenvalue weighted by Gasteiger charge is -2.14. The summed E-state index contributed by atoms with van der Waals surface area (Å²) in [6.45, 7) is 10.6. The number of halogens is 1. The van der Waals surface area contributed by atoms with Gasteiger partial charge in [0, 0.05) is 13.5 Å². The second kappa shape index (κ2) is 14.8. The fraction of sp³-hybridized carbons (Fsp3) is 0.542. The molecule has 1 aromatic rings. The summed E-state index contributed by atoms with van der Waals surface area (Å²) >= 11 is 0. The van der Waals surface area contributed by atoms with Crippen LogP contribution in [0.4, 0.5) is 4.39 Å². The molecule has 1 amide bonds. The monoisotopic (exact) mass is 406 g/mol. The third-order valence-corrected chi connectivity index (χ3v) is 4.82. The maximum atomic E-state index is 13.9. The molecule has 0 aliphatic heterocycles. The molecular formula is C24H39FN2O2. The Morgan fingerprint density at radius 2 is 1.97 bits per heavy atom. The minimum Gasteiger partial charge on any atom is -0.490 e. The van der Waals surface area contributed by atoms with Crippen molar-refractivity contribution in [1.29, 1.82) is 0 Å². The molecule has 1 rings (SSSR count). The van der Waals surface area contributed by atoms with Gasteiger partial charge in [-0.2, -0.15) is 0 Å². The predicted octanol–water partition coefficient (Wildman–Crippen LogP) is 6.18. The maximum Gasteiger partial charge on any atom is 0.219 e. The van der Waals surface area contributed by atoms with Crippen molar-refractivity contribution < 1.29 is 13.9 Å². The molecule has 4 nitrogen and oxygen atoms in total.